The molecule has 1 aromatic carbocycles. The number of anilines is 1. The van der Waals surface area contributed by atoms with Gasteiger partial charge in [-0.05, 0) is 24.3 Å². The number of ether oxygens (including phenoxy) is 1. The van der Waals surface area contributed by atoms with Gasteiger partial charge < -0.3 is 14.7 Å². The van der Waals surface area contributed by atoms with E-state index in [1.54, 1.807) is 0 Å². The van der Waals surface area contributed by atoms with Gasteiger partial charge in [0.1, 0.15) is 5.82 Å². The summed E-state index contributed by atoms with van der Waals surface area (Å²) >= 11 is 0. The van der Waals surface area contributed by atoms with Crippen LogP contribution in [0.5, 0.6) is 0 Å². The molecule has 5 heteroatoms. The number of hydrogen-bond donors (Lipinski definition) is 1. The summed E-state index contributed by atoms with van der Waals surface area (Å²) in [5.41, 5.74) is 1.06. The van der Waals surface area contributed by atoms with Crippen LogP contribution in [0.25, 0.3) is 0 Å². The summed E-state index contributed by atoms with van der Waals surface area (Å²) in [6.45, 7) is 4.68. The molecule has 2 aliphatic heterocycles. The molecule has 4 nitrogen and oxygen atoms in total. The predicted molar refractivity (Wildman–Crippen MR) is 70.8 cm³/mol. The minimum Gasteiger partial charge on any atom is -0.389 e. The van der Waals surface area contributed by atoms with Crippen molar-refractivity contribution in [2.75, 3.05) is 44.3 Å². The van der Waals surface area contributed by atoms with Crippen LogP contribution < -0.4 is 4.90 Å². The average Bonchev–Trinajstić information content (AvgIpc) is 2.86. The number of rotatable bonds is 2. The Bertz CT molecular complexity index is 418. The molecule has 19 heavy (non-hydrogen) atoms. The summed E-state index contributed by atoms with van der Waals surface area (Å²) in [6, 6.07) is 6.76. The number of piperazine rings is 1. The maximum atomic E-state index is 12.9. The molecule has 0 aromatic heterocycles. The molecule has 2 heterocycles. The zero-order chi connectivity index (χ0) is 13.2. The highest BCUT2D eigenvalue weighted by molar-refractivity contribution is 5.46. The van der Waals surface area contributed by atoms with Gasteiger partial charge in [0.15, 0.2) is 0 Å². The molecule has 2 atom stereocenters. The van der Waals surface area contributed by atoms with Crippen molar-refractivity contribution in [1.82, 2.24) is 4.90 Å². The van der Waals surface area contributed by atoms with E-state index in [0.29, 0.717) is 13.2 Å². The lowest BCUT2D eigenvalue weighted by Crippen LogP contribution is -2.53. The van der Waals surface area contributed by atoms with Gasteiger partial charge in [0.25, 0.3) is 0 Å². The van der Waals surface area contributed by atoms with E-state index in [1.807, 2.05) is 12.1 Å². The number of benzene rings is 1. The van der Waals surface area contributed by atoms with Gasteiger partial charge in [0, 0.05) is 31.9 Å². The second-order valence-corrected chi connectivity index (χ2v) is 5.17. The third-order valence-electron chi connectivity index (χ3n) is 4.00. The smallest absolute Gasteiger partial charge is 0.123 e. The van der Waals surface area contributed by atoms with E-state index in [1.165, 1.54) is 12.1 Å². The lowest BCUT2D eigenvalue weighted by atomic mass is 10.1. The van der Waals surface area contributed by atoms with Crippen LogP contribution in [-0.2, 0) is 4.74 Å². The molecule has 0 aliphatic carbocycles. The molecule has 0 radical (unpaired) electrons. The summed E-state index contributed by atoms with van der Waals surface area (Å²) in [4.78, 5) is 4.54. The van der Waals surface area contributed by atoms with E-state index in [2.05, 4.69) is 9.80 Å². The van der Waals surface area contributed by atoms with Crippen LogP contribution in [0.2, 0.25) is 0 Å². The second kappa shape index (κ2) is 5.45. The van der Waals surface area contributed by atoms with Crippen molar-refractivity contribution in [1.29, 1.82) is 0 Å². The van der Waals surface area contributed by atoms with Gasteiger partial charge >= 0.3 is 0 Å². The highest BCUT2D eigenvalue weighted by atomic mass is 19.1. The van der Waals surface area contributed by atoms with E-state index in [9.17, 15) is 9.50 Å². The van der Waals surface area contributed by atoms with Crippen LogP contribution in [0.3, 0.4) is 0 Å². The van der Waals surface area contributed by atoms with E-state index in [0.717, 1.165) is 31.9 Å². The lowest BCUT2D eigenvalue weighted by molar-refractivity contribution is 0.0785. The summed E-state index contributed by atoms with van der Waals surface area (Å²) < 4.78 is 18.2. The minimum absolute atomic E-state index is 0.135. The molecule has 2 saturated heterocycles. The van der Waals surface area contributed by atoms with Gasteiger partial charge in [-0.1, -0.05) is 0 Å². The van der Waals surface area contributed by atoms with Crippen LogP contribution in [0.15, 0.2) is 24.3 Å². The van der Waals surface area contributed by atoms with Crippen molar-refractivity contribution < 1.29 is 14.2 Å². The molecule has 2 unspecified atom stereocenters. The molecular weight excluding hydrogens is 247 g/mol. The van der Waals surface area contributed by atoms with E-state index in [4.69, 9.17) is 4.74 Å². The van der Waals surface area contributed by atoms with Gasteiger partial charge in [-0.15, -0.1) is 0 Å². The lowest BCUT2D eigenvalue weighted by Gasteiger charge is -2.39. The molecule has 1 N–H and O–H groups in total. The van der Waals surface area contributed by atoms with Crippen molar-refractivity contribution in [2.45, 2.75) is 12.1 Å². The van der Waals surface area contributed by atoms with Crippen LogP contribution in [0.1, 0.15) is 0 Å². The summed E-state index contributed by atoms with van der Waals surface area (Å²) in [7, 11) is 0. The first-order chi connectivity index (χ1) is 9.24. The highest BCUT2D eigenvalue weighted by Crippen LogP contribution is 2.20. The zero-order valence-electron chi connectivity index (χ0n) is 10.8. The Balaban J connectivity index is 1.58. The number of hydrogen-bond acceptors (Lipinski definition) is 4. The standard InChI is InChI=1S/C14H19FN2O2/c15-11-1-3-12(4-2-11)16-5-7-17(8-6-16)13-9-19-10-14(13)18/h1-4,13-14,18H,5-10H2. The van der Waals surface area contributed by atoms with Gasteiger partial charge in [-0.2, -0.15) is 0 Å². The zero-order valence-corrected chi connectivity index (χ0v) is 10.8. The average molecular weight is 266 g/mol. The van der Waals surface area contributed by atoms with Crippen molar-refractivity contribution in [2.24, 2.45) is 0 Å². The Hall–Kier alpha value is -1.17. The normalized spacial score (nSPS) is 28.8. The maximum Gasteiger partial charge on any atom is 0.123 e. The van der Waals surface area contributed by atoms with Crippen molar-refractivity contribution in [3.63, 3.8) is 0 Å². The molecule has 0 spiro atoms. The number of halogens is 1. The monoisotopic (exact) mass is 266 g/mol. The van der Waals surface area contributed by atoms with Crippen molar-refractivity contribution in [3.8, 4) is 0 Å². The van der Waals surface area contributed by atoms with Crippen LogP contribution in [0.4, 0.5) is 10.1 Å². The largest absolute Gasteiger partial charge is 0.389 e. The minimum atomic E-state index is -0.364. The van der Waals surface area contributed by atoms with Crippen molar-refractivity contribution in [3.05, 3.63) is 30.1 Å². The van der Waals surface area contributed by atoms with E-state index in [-0.39, 0.29) is 18.0 Å². The molecule has 3 rings (SSSR count). The van der Waals surface area contributed by atoms with Crippen LogP contribution in [-0.4, -0.2) is 61.5 Å². The fourth-order valence-electron chi connectivity index (χ4n) is 2.84. The predicted octanol–water partition coefficient (Wildman–Crippen LogP) is 0.707. The van der Waals surface area contributed by atoms with E-state index >= 15 is 0 Å². The third-order valence-corrected chi connectivity index (χ3v) is 4.00. The molecule has 1 aromatic rings. The van der Waals surface area contributed by atoms with E-state index < -0.39 is 0 Å². The number of aliphatic hydroxyl groups is 1. The van der Waals surface area contributed by atoms with Crippen molar-refractivity contribution >= 4 is 5.69 Å². The van der Waals surface area contributed by atoms with Gasteiger partial charge in [0.2, 0.25) is 0 Å². The van der Waals surface area contributed by atoms with Gasteiger partial charge in [-0.25, -0.2) is 4.39 Å². The second-order valence-electron chi connectivity index (χ2n) is 5.17. The Morgan fingerprint density at radius 3 is 2.32 bits per heavy atom. The number of aliphatic hydroxyl groups excluding tert-OH is 1. The quantitative estimate of drug-likeness (QED) is 0.855. The summed E-state index contributed by atoms with van der Waals surface area (Å²) in [5, 5.41) is 9.83. The molecule has 0 saturated carbocycles. The Morgan fingerprint density at radius 2 is 1.74 bits per heavy atom. The Morgan fingerprint density at radius 1 is 1.05 bits per heavy atom. The topological polar surface area (TPSA) is 35.9 Å². The fourth-order valence-corrected chi connectivity index (χ4v) is 2.84. The molecule has 2 aliphatic rings. The molecule has 104 valence electrons. The van der Waals surface area contributed by atoms with Gasteiger partial charge in [-0.3, -0.25) is 4.90 Å². The molecule has 0 bridgehead atoms. The summed E-state index contributed by atoms with van der Waals surface area (Å²) in [6.07, 6.45) is -0.364. The van der Waals surface area contributed by atoms with Gasteiger partial charge in [0.05, 0.1) is 25.4 Å². The maximum absolute atomic E-state index is 12.9. The fraction of sp³-hybridized carbons (Fsp3) is 0.571. The Kier molecular flexibility index (Phi) is 3.68. The summed E-state index contributed by atoms with van der Waals surface area (Å²) in [5.74, 6) is -0.200. The SMILES string of the molecule is OC1COCC1N1CCN(c2ccc(F)cc2)CC1. The highest BCUT2D eigenvalue weighted by Gasteiger charge is 2.33. The molecular formula is C14H19FN2O2. The first kappa shape index (κ1) is 12.8. The molecule has 2 fully saturated rings. The first-order valence-corrected chi connectivity index (χ1v) is 6.74. The molecule has 0 amide bonds. The first-order valence-electron chi connectivity index (χ1n) is 6.74. The third kappa shape index (κ3) is 2.73. The number of nitrogens with zero attached hydrogens (tertiary/aromatic N) is 2. The van der Waals surface area contributed by atoms with Crippen LogP contribution in [0, 0.1) is 5.82 Å². The Labute approximate surface area is 112 Å². The van der Waals surface area contributed by atoms with Crippen LogP contribution >= 0.6 is 0 Å².